The van der Waals surface area contributed by atoms with Gasteiger partial charge in [-0.3, -0.25) is 0 Å². The second-order valence-corrected chi connectivity index (χ2v) is 7.19. The summed E-state index contributed by atoms with van der Waals surface area (Å²) in [6.45, 7) is 10.0. The lowest BCUT2D eigenvalue weighted by Gasteiger charge is -2.36. The van der Waals surface area contributed by atoms with Crippen molar-refractivity contribution in [3.8, 4) is 0 Å². The van der Waals surface area contributed by atoms with Crippen molar-refractivity contribution in [2.75, 3.05) is 11.9 Å². The summed E-state index contributed by atoms with van der Waals surface area (Å²) in [6, 6.07) is 8.77. The zero-order valence-electron chi connectivity index (χ0n) is 12.5. The van der Waals surface area contributed by atoms with Crippen LogP contribution in [0.2, 0.25) is 0 Å². The van der Waals surface area contributed by atoms with Crippen LogP contribution < -0.4 is 5.32 Å². The van der Waals surface area contributed by atoms with E-state index >= 15 is 0 Å². The van der Waals surface area contributed by atoms with Crippen LogP contribution in [0.1, 0.15) is 52.0 Å². The number of rotatable bonds is 1. The van der Waals surface area contributed by atoms with E-state index in [1.54, 1.807) is 0 Å². The van der Waals surface area contributed by atoms with Crippen LogP contribution in [0.5, 0.6) is 0 Å². The molecule has 2 aliphatic heterocycles. The quantitative estimate of drug-likeness (QED) is 0.817. The van der Waals surface area contributed by atoms with Crippen molar-refractivity contribution in [1.82, 2.24) is 0 Å². The second-order valence-electron chi connectivity index (χ2n) is 7.19. The van der Waals surface area contributed by atoms with Gasteiger partial charge in [0.1, 0.15) is 0 Å². The van der Waals surface area contributed by atoms with Gasteiger partial charge in [0.15, 0.2) is 0 Å². The molecule has 0 aromatic heterocycles. The van der Waals surface area contributed by atoms with Crippen LogP contribution in [-0.4, -0.2) is 17.7 Å². The van der Waals surface area contributed by atoms with Gasteiger partial charge in [-0.25, -0.2) is 0 Å². The van der Waals surface area contributed by atoms with Gasteiger partial charge in [-0.2, -0.15) is 0 Å². The maximum Gasteiger partial charge on any atom is 0.0668 e. The molecule has 1 aromatic rings. The average Bonchev–Trinajstić information content (AvgIpc) is 2.56. The average molecular weight is 259 g/mol. The molecule has 3 rings (SSSR count). The van der Waals surface area contributed by atoms with Crippen molar-refractivity contribution in [3.05, 3.63) is 29.8 Å². The summed E-state index contributed by atoms with van der Waals surface area (Å²) >= 11 is 0. The van der Waals surface area contributed by atoms with Crippen molar-refractivity contribution in [1.29, 1.82) is 0 Å². The smallest absolute Gasteiger partial charge is 0.0668 e. The first-order chi connectivity index (χ1) is 8.89. The third-order valence-corrected chi connectivity index (χ3v) is 4.76. The predicted octanol–water partition coefficient (Wildman–Crippen LogP) is 4.18. The van der Waals surface area contributed by atoms with E-state index in [2.05, 4.69) is 57.3 Å². The van der Waals surface area contributed by atoms with E-state index in [0.717, 1.165) is 13.0 Å². The van der Waals surface area contributed by atoms with Crippen LogP contribution in [0.4, 0.5) is 5.69 Å². The molecule has 1 saturated heterocycles. The van der Waals surface area contributed by atoms with Gasteiger partial charge in [-0.05, 0) is 64.0 Å². The predicted molar refractivity (Wildman–Crippen MR) is 79.6 cm³/mol. The van der Waals surface area contributed by atoms with E-state index in [1.807, 2.05) is 0 Å². The highest BCUT2D eigenvalue weighted by molar-refractivity contribution is 5.55. The van der Waals surface area contributed by atoms with E-state index in [9.17, 15) is 0 Å². The molecule has 104 valence electrons. The van der Waals surface area contributed by atoms with Crippen molar-refractivity contribution in [2.45, 2.75) is 57.7 Å². The molecule has 2 aliphatic rings. The van der Waals surface area contributed by atoms with Gasteiger partial charge in [0.2, 0.25) is 0 Å². The fraction of sp³-hybridized carbons (Fsp3) is 0.647. The Morgan fingerprint density at radius 1 is 1.16 bits per heavy atom. The van der Waals surface area contributed by atoms with E-state index in [-0.39, 0.29) is 11.2 Å². The number of anilines is 1. The molecule has 2 nitrogen and oxygen atoms in total. The molecular weight excluding hydrogens is 234 g/mol. The van der Waals surface area contributed by atoms with Crippen LogP contribution in [0, 0.1) is 5.92 Å². The molecule has 0 amide bonds. The Morgan fingerprint density at radius 2 is 1.89 bits per heavy atom. The van der Waals surface area contributed by atoms with Crippen molar-refractivity contribution in [3.63, 3.8) is 0 Å². The van der Waals surface area contributed by atoms with Gasteiger partial charge in [0, 0.05) is 12.2 Å². The summed E-state index contributed by atoms with van der Waals surface area (Å²) in [6.07, 6.45) is 2.36. The number of nitrogens with one attached hydrogen (secondary N) is 1. The Bertz CT molecular complexity index is 478. The maximum atomic E-state index is 6.30. The topological polar surface area (TPSA) is 21.3 Å². The molecule has 19 heavy (non-hydrogen) atoms. The number of hydrogen-bond acceptors (Lipinski definition) is 2. The molecule has 0 saturated carbocycles. The molecular formula is C17H25NO. The normalized spacial score (nSPS) is 31.6. The van der Waals surface area contributed by atoms with Gasteiger partial charge >= 0.3 is 0 Å². The van der Waals surface area contributed by atoms with Gasteiger partial charge in [-0.1, -0.05) is 18.2 Å². The number of hydrogen-bond donors (Lipinski definition) is 1. The highest BCUT2D eigenvalue weighted by atomic mass is 16.5. The SMILES string of the molecule is CC1(C)CC(C2CCNc3ccccc32)C(C)(C)O1. The first kappa shape index (κ1) is 13.0. The molecule has 1 N–H and O–H groups in total. The summed E-state index contributed by atoms with van der Waals surface area (Å²) in [4.78, 5) is 0. The van der Waals surface area contributed by atoms with Crippen molar-refractivity contribution >= 4 is 5.69 Å². The highest BCUT2D eigenvalue weighted by Crippen LogP contribution is 2.51. The molecule has 0 radical (unpaired) electrons. The molecule has 0 bridgehead atoms. The van der Waals surface area contributed by atoms with Crippen LogP contribution in [-0.2, 0) is 4.74 Å². The van der Waals surface area contributed by atoms with Crippen LogP contribution in [0.15, 0.2) is 24.3 Å². The van der Waals surface area contributed by atoms with E-state index in [0.29, 0.717) is 11.8 Å². The van der Waals surface area contributed by atoms with E-state index in [1.165, 1.54) is 17.7 Å². The third-order valence-electron chi connectivity index (χ3n) is 4.76. The van der Waals surface area contributed by atoms with Gasteiger partial charge < -0.3 is 10.1 Å². The summed E-state index contributed by atoms with van der Waals surface area (Å²) in [5, 5.41) is 3.52. The molecule has 2 unspecified atom stereocenters. The molecule has 2 heteroatoms. The lowest BCUT2D eigenvalue weighted by molar-refractivity contribution is -0.0770. The minimum atomic E-state index is -0.0291. The minimum Gasteiger partial charge on any atom is -0.385 e. The Balaban J connectivity index is 1.96. The largest absolute Gasteiger partial charge is 0.385 e. The van der Waals surface area contributed by atoms with Crippen LogP contribution >= 0.6 is 0 Å². The zero-order chi connectivity index (χ0) is 13.7. The standard InChI is InChI=1S/C17H25NO/c1-16(2)11-14(17(3,4)19-16)12-9-10-18-15-8-6-5-7-13(12)15/h5-8,12,14,18H,9-11H2,1-4H3. The van der Waals surface area contributed by atoms with E-state index < -0.39 is 0 Å². The lowest BCUT2D eigenvalue weighted by Crippen LogP contribution is -2.34. The van der Waals surface area contributed by atoms with Crippen LogP contribution in [0.3, 0.4) is 0 Å². The number of para-hydroxylation sites is 1. The van der Waals surface area contributed by atoms with Crippen molar-refractivity contribution < 1.29 is 4.74 Å². The summed E-state index contributed by atoms with van der Waals surface area (Å²) in [5.74, 6) is 1.22. The van der Waals surface area contributed by atoms with Gasteiger partial charge in [0.05, 0.1) is 11.2 Å². The number of ether oxygens (including phenoxy) is 1. The molecule has 1 fully saturated rings. The van der Waals surface area contributed by atoms with Gasteiger partial charge in [-0.15, -0.1) is 0 Å². The first-order valence-electron chi connectivity index (χ1n) is 7.42. The molecule has 2 atom stereocenters. The second kappa shape index (κ2) is 4.24. The van der Waals surface area contributed by atoms with E-state index in [4.69, 9.17) is 4.74 Å². The fourth-order valence-electron chi connectivity index (χ4n) is 4.15. The summed E-state index contributed by atoms with van der Waals surface area (Å²) in [5.41, 5.74) is 2.78. The minimum absolute atomic E-state index is 0.00792. The molecule has 2 heterocycles. The number of benzene rings is 1. The van der Waals surface area contributed by atoms with Crippen molar-refractivity contribution in [2.24, 2.45) is 5.92 Å². The monoisotopic (exact) mass is 259 g/mol. The summed E-state index contributed by atoms with van der Waals surface area (Å²) < 4.78 is 6.30. The molecule has 0 aliphatic carbocycles. The fourth-order valence-corrected chi connectivity index (χ4v) is 4.15. The highest BCUT2D eigenvalue weighted by Gasteiger charge is 2.49. The van der Waals surface area contributed by atoms with Crippen LogP contribution in [0.25, 0.3) is 0 Å². The Labute approximate surface area is 116 Å². The Kier molecular flexibility index (Phi) is 2.90. The summed E-state index contributed by atoms with van der Waals surface area (Å²) in [7, 11) is 0. The number of fused-ring (bicyclic) bond motifs is 1. The first-order valence-corrected chi connectivity index (χ1v) is 7.42. The molecule has 0 spiro atoms. The Hall–Kier alpha value is -1.02. The van der Waals surface area contributed by atoms with Gasteiger partial charge in [0.25, 0.3) is 0 Å². The third kappa shape index (κ3) is 2.27. The molecule has 1 aromatic carbocycles. The maximum absolute atomic E-state index is 6.30. The lowest BCUT2D eigenvalue weighted by atomic mass is 9.72. The Morgan fingerprint density at radius 3 is 2.58 bits per heavy atom. The zero-order valence-corrected chi connectivity index (χ0v) is 12.5.